The molecule has 0 saturated carbocycles. The summed E-state index contributed by atoms with van der Waals surface area (Å²) >= 11 is 0. The van der Waals surface area contributed by atoms with E-state index in [0.29, 0.717) is 12.5 Å². The van der Waals surface area contributed by atoms with Gasteiger partial charge in [-0.05, 0) is 38.9 Å². The maximum atomic E-state index is 11.8. The van der Waals surface area contributed by atoms with Crippen LogP contribution in [0.2, 0.25) is 0 Å². The Balaban J connectivity index is 2.05. The molecule has 2 saturated heterocycles. The zero-order valence-corrected chi connectivity index (χ0v) is 10.4. The highest BCUT2D eigenvalue weighted by atomic mass is 16.2. The van der Waals surface area contributed by atoms with Crippen molar-refractivity contribution in [1.82, 2.24) is 15.5 Å². The summed E-state index contributed by atoms with van der Waals surface area (Å²) in [5.74, 6) is -0.239. The van der Waals surface area contributed by atoms with Gasteiger partial charge >= 0.3 is 0 Å². The lowest BCUT2D eigenvalue weighted by Crippen LogP contribution is -2.50. The van der Waals surface area contributed by atoms with Gasteiger partial charge in [0.05, 0.1) is 12.5 Å². The molecule has 0 aromatic rings. The Morgan fingerprint density at radius 3 is 2.53 bits per heavy atom. The summed E-state index contributed by atoms with van der Waals surface area (Å²) in [6.07, 6.45) is 3.49. The number of nitrogens with zero attached hydrogens (tertiary/aromatic N) is 1. The molecule has 1 atom stereocenters. The standard InChI is InChI=1S/C12H21N3O2/c1-2-7-15(9-3-5-13-6-4-9)10-8-11(16)14-12(10)17/h9-10,13H,2-8H2,1H3,(H,14,16,17). The molecule has 2 rings (SSSR count). The molecule has 2 aliphatic rings. The van der Waals surface area contributed by atoms with Gasteiger partial charge in [0, 0.05) is 6.04 Å². The lowest BCUT2D eigenvalue weighted by molar-refractivity contribution is -0.126. The molecule has 0 radical (unpaired) electrons. The molecule has 0 aromatic carbocycles. The average molecular weight is 239 g/mol. The molecule has 2 amide bonds. The van der Waals surface area contributed by atoms with Gasteiger partial charge in [0.2, 0.25) is 11.8 Å². The van der Waals surface area contributed by atoms with E-state index in [0.717, 1.165) is 38.9 Å². The molecular formula is C12H21N3O2. The Kier molecular flexibility index (Phi) is 4.12. The van der Waals surface area contributed by atoms with Crippen molar-refractivity contribution in [3.63, 3.8) is 0 Å². The molecule has 1 unspecified atom stereocenters. The number of piperidine rings is 1. The number of carbonyl (C=O) groups excluding carboxylic acids is 2. The smallest absolute Gasteiger partial charge is 0.244 e. The van der Waals surface area contributed by atoms with Gasteiger partial charge < -0.3 is 5.32 Å². The quantitative estimate of drug-likeness (QED) is 0.671. The van der Waals surface area contributed by atoms with Crippen molar-refractivity contribution in [2.75, 3.05) is 19.6 Å². The summed E-state index contributed by atoms with van der Waals surface area (Å²) in [6, 6.07) is 0.211. The first-order valence-electron chi connectivity index (χ1n) is 6.52. The van der Waals surface area contributed by atoms with E-state index in [2.05, 4.69) is 22.5 Å². The van der Waals surface area contributed by atoms with Crippen LogP contribution in [0.3, 0.4) is 0 Å². The highest BCUT2D eigenvalue weighted by Gasteiger charge is 2.38. The van der Waals surface area contributed by atoms with Crippen LogP contribution in [0.5, 0.6) is 0 Å². The lowest BCUT2D eigenvalue weighted by atomic mass is 10.0. The molecule has 0 aliphatic carbocycles. The van der Waals surface area contributed by atoms with Gasteiger partial charge in [0.1, 0.15) is 0 Å². The summed E-state index contributed by atoms with van der Waals surface area (Å²) in [6.45, 7) is 5.03. The molecule has 2 aliphatic heterocycles. The normalized spacial score (nSPS) is 26.6. The van der Waals surface area contributed by atoms with Gasteiger partial charge in [-0.3, -0.25) is 19.8 Å². The van der Waals surface area contributed by atoms with Crippen molar-refractivity contribution in [3.8, 4) is 0 Å². The molecule has 0 aromatic heterocycles. The number of hydrogen-bond acceptors (Lipinski definition) is 4. The van der Waals surface area contributed by atoms with E-state index in [1.807, 2.05) is 0 Å². The van der Waals surface area contributed by atoms with Crippen LogP contribution < -0.4 is 10.6 Å². The van der Waals surface area contributed by atoms with E-state index >= 15 is 0 Å². The summed E-state index contributed by atoms with van der Waals surface area (Å²) in [7, 11) is 0. The van der Waals surface area contributed by atoms with Crippen molar-refractivity contribution in [2.45, 2.75) is 44.7 Å². The number of carbonyl (C=O) groups is 2. The van der Waals surface area contributed by atoms with Crippen LogP contribution in [0.1, 0.15) is 32.6 Å². The molecule has 0 bridgehead atoms. The minimum atomic E-state index is -0.231. The fourth-order valence-electron chi connectivity index (χ4n) is 2.80. The van der Waals surface area contributed by atoms with Gasteiger partial charge in [0.15, 0.2) is 0 Å². The molecule has 2 fully saturated rings. The van der Waals surface area contributed by atoms with Crippen molar-refractivity contribution in [3.05, 3.63) is 0 Å². The number of imide groups is 1. The van der Waals surface area contributed by atoms with E-state index in [1.54, 1.807) is 0 Å². The van der Waals surface area contributed by atoms with Gasteiger partial charge in [-0.25, -0.2) is 0 Å². The summed E-state index contributed by atoms with van der Waals surface area (Å²) in [4.78, 5) is 25.3. The van der Waals surface area contributed by atoms with Crippen molar-refractivity contribution < 1.29 is 9.59 Å². The molecule has 5 nitrogen and oxygen atoms in total. The second-order valence-corrected chi connectivity index (χ2v) is 4.85. The van der Waals surface area contributed by atoms with E-state index in [1.165, 1.54) is 0 Å². The summed E-state index contributed by atoms with van der Waals surface area (Å²) in [5.41, 5.74) is 0. The number of amides is 2. The second kappa shape index (κ2) is 5.60. The Morgan fingerprint density at radius 1 is 1.29 bits per heavy atom. The Hall–Kier alpha value is -0.940. The third-order valence-corrected chi connectivity index (χ3v) is 3.60. The highest BCUT2D eigenvalue weighted by molar-refractivity contribution is 6.05. The SMILES string of the molecule is CCCN(C1CCNCC1)C1CC(=O)NC1=O. The van der Waals surface area contributed by atoms with Crippen LogP contribution in [0, 0.1) is 0 Å². The summed E-state index contributed by atoms with van der Waals surface area (Å²) < 4.78 is 0. The third kappa shape index (κ3) is 2.84. The fourth-order valence-corrected chi connectivity index (χ4v) is 2.80. The molecular weight excluding hydrogens is 218 g/mol. The van der Waals surface area contributed by atoms with Gasteiger partial charge in [0.25, 0.3) is 0 Å². The Bertz CT molecular complexity index is 300. The van der Waals surface area contributed by atoms with Crippen LogP contribution in [-0.2, 0) is 9.59 Å². The topological polar surface area (TPSA) is 61.4 Å². The van der Waals surface area contributed by atoms with Crippen molar-refractivity contribution in [2.24, 2.45) is 0 Å². The van der Waals surface area contributed by atoms with Gasteiger partial charge in [-0.2, -0.15) is 0 Å². The Morgan fingerprint density at radius 2 is 2.00 bits per heavy atom. The van der Waals surface area contributed by atoms with E-state index in [9.17, 15) is 9.59 Å². The van der Waals surface area contributed by atoms with E-state index in [-0.39, 0.29) is 17.9 Å². The van der Waals surface area contributed by atoms with Crippen LogP contribution in [-0.4, -0.2) is 48.4 Å². The molecule has 96 valence electrons. The molecule has 0 spiro atoms. The number of rotatable bonds is 4. The molecule has 17 heavy (non-hydrogen) atoms. The lowest BCUT2D eigenvalue weighted by Gasteiger charge is -2.37. The zero-order valence-electron chi connectivity index (χ0n) is 10.4. The summed E-state index contributed by atoms with van der Waals surface area (Å²) in [5, 5.41) is 5.74. The monoisotopic (exact) mass is 239 g/mol. The minimum Gasteiger partial charge on any atom is -0.317 e. The number of nitrogens with one attached hydrogen (secondary N) is 2. The second-order valence-electron chi connectivity index (χ2n) is 4.85. The third-order valence-electron chi connectivity index (χ3n) is 3.60. The predicted molar refractivity (Wildman–Crippen MR) is 64.4 cm³/mol. The first kappa shape index (κ1) is 12.5. The van der Waals surface area contributed by atoms with Gasteiger partial charge in [-0.1, -0.05) is 6.92 Å². The average Bonchev–Trinajstić information content (AvgIpc) is 2.66. The Labute approximate surface area is 102 Å². The largest absolute Gasteiger partial charge is 0.317 e. The predicted octanol–water partition coefficient (Wildman–Crippen LogP) is -0.134. The zero-order chi connectivity index (χ0) is 12.3. The minimum absolute atomic E-state index is 0.109. The van der Waals surface area contributed by atoms with Crippen LogP contribution in [0.25, 0.3) is 0 Å². The molecule has 2 heterocycles. The van der Waals surface area contributed by atoms with E-state index in [4.69, 9.17) is 0 Å². The molecule has 5 heteroatoms. The van der Waals surface area contributed by atoms with Crippen molar-refractivity contribution >= 4 is 11.8 Å². The van der Waals surface area contributed by atoms with Crippen molar-refractivity contribution in [1.29, 1.82) is 0 Å². The first-order valence-corrected chi connectivity index (χ1v) is 6.52. The maximum Gasteiger partial charge on any atom is 0.244 e. The van der Waals surface area contributed by atoms with Crippen LogP contribution in [0.15, 0.2) is 0 Å². The molecule has 2 N–H and O–H groups in total. The van der Waals surface area contributed by atoms with E-state index < -0.39 is 0 Å². The fraction of sp³-hybridized carbons (Fsp3) is 0.833. The van der Waals surface area contributed by atoms with Gasteiger partial charge in [-0.15, -0.1) is 0 Å². The first-order chi connectivity index (χ1) is 8.22. The highest BCUT2D eigenvalue weighted by Crippen LogP contribution is 2.20. The maximum absolute atomic E-state index is 11.8. The van der Waals surface area contributed by atoms with Crippen LogP contribution in [0.4, 0.5) is 0 Å². The van der Waals surface area contributed by atoms with Crippen LogP contribution >= 0.6 is 0 Å². The number of hydrogen-bond donors (Lipinski definition) is 2.